The summed E-state index contributed by atoms with van der Waals surface area (Å²) in [5, 5.41) is 19.9. The number of rotatable bonds is 6. The summed E-state index contributed by atoms with van der Waals surface area (Å²) in [5.41, 5.74) is 2.08. The number of phenolic OH excluding ortho intramolecular Hbond substituents is 1. The monoisotopic (exact) mass is 496 g/mol. The number of amides is 1. The van der Waals surface area contributed by atoms with Crippen LogP contribution in [-0.2, 0) is 21.5 Å². The Morgan fingerprint density at radius 1 is 1.26 bits per heavy atom. The van der Waals surface area contributed by atoms with Crippen molar-refractivity contribution in [1.29, 1.82) is 5.26 Å². The SMILES string of the molecule is CCN(Cc1cc(O)c(N2CC(=O)NS2(=O)=O)c(F)c1)c1nc(C)cc(-c2ccccc2C#N)n1. The van der Waals surface area contributed by atoms with Gasteiger partial charge in [-0.25, -0.2) is 23.4 Å². The van der Waals surface area contributed by atoms with E-state index in [9.17, 15) is 28.0 Å². The summed E-state index contributed by atoms with van der Waals surface area (Å²) in [4.78, 5) is 22.3. The third-order valence-electron chi connectivity index (χ3n) is 5.38. The van der Waals surface area contributed by atoms with Gasteiger partial charge in [0.25, 0.3) is 5.91 Å². The lowest BCUT2D eigenvalue weighted by atomic mass is 10.0. The summed E-state index contributed by atoms with van der Waals surface area (Å²) < 4.78 is 41.3. The molecule has 1 fully saturated rings. The van der Waals surface area contributed by atoms with Crippen molar-refractivity contribution in [2.45, 2.75) is 20.4 Å². The van der Waals surface area contributed by atoms with Crippen LogP contribution >= 0.6 is 0 Å². The molecule has 0 spiro atoms. The van der Waals surface area contributed by atoms with E-state index in [1.54, 1.807) is 40.8 Å². The van der Waals surface area contributed by atoms with Crippen molar-refractivity contribution in [3.63, 3.8) is 0 Å². The van der Waals surface area contributed by atoms with Gasteiger partial charge in [-0.15, -0.1) is 0 Å². The molecular weight excluding hydrogens is 475 g/mol. The second kappa shape index (κ2) is 9.19. The molecule has 2 heterocycles. The first-order valence-corrected chi connectivity index (χ1v) is 12.0. The fourth-order valence-electron chi connectivity index (χ4n) is 3.80. The number of hydrogen-bond acceptors (Lipinski definition) is 8. The van der Waals surface area contributed by atoms with Gasteiger partial charge >= 0.3 is 10.2 Å². The van der Waals surface area contributed by atoms with Crippen molar-refractivity contribution in [1.82, 2.24) is 14.7 Å². The molecule has 0 saturated carbocycles. The van der Waals surface area contributed by atoms with E-state index in [-0.39, 0.29) is 6.54 Å². The van der Waals surface area contributed by atoms with Crippen LogP contribution in [0, 0.1) is 24.1 Å². The normalized spacial score (nSPS) is 14.5. The van der Waals surface area contributed by atoms with Gasteiger partial charge in [-0.2, -0.15) is 13.7 Å². The minimum absolute atomic E-state index is 0.105. The number of phenols is 1. The Morgan fingerprint density at radius 2 is 2.00 bits per heavy atom. The number of carbonyl (C=O) groups excluding carboxylic acids is 1. The minimum atomic E-state index is -4.28. The topological polar surface area (TPSA) is 140 Å². The molecule has 1 aromatic heterocycles. The number of hydrogen-bond donors (Lipinski definition) is 2. The van der Waals surface area contributed by atoms with E-state index in [1.807, 2.05) is 13.0 Å². The Morgan fingerprint density at radius 3 is 2.63 bits per heavy atom. The Hall–Kier alpha value is -4.24. The summed E-state index contributed by atoms with van der Waals surface area (Å²) >= 11 is 0. The number of aromatic nitrogens is 2. The van der Waals surface area contributed by atoms with E-state index in [0.29, 0.717) is 44.9 Å². The van der Waals surface area contributed by atoms with Gasteiger partial charge in [0, 0.05) is 24.3 Å². The first-order valence-electron chi connectivity index (χ1n) is 10.6. The summed E-state index contributed by atoms with van der Waals surface area (Å²) in [6.45, 7) is 3.56. The standard InChI is InChI=1S/C23H21FN6O4S/c1-3-29(23-26-14(2)8-19(27-23)17-7-5-4-6-16(17)11-25)12-15-9-18(24)22(20(31)10-15)30-13-21(32)28-35(30,33)34/h4-10,31H,3,12-13H2,1-2H3,(H,28,32). The van der Waals surface area contributed by atoms with Crippen LogP contribution in [0.2, 0.25) is 0 Å². The predicted octanol–water partition coefficient (Wildman–Crippen LogP) is 2.38. The summed E-state index contributed by atoms with van der Waals surface area (Å²) in [6, 6.07) is 13.3. The molecule has 12 heteroatoms. The molecule has 3 aromatic rings. The maximum absolute atomic E-state index is 14.9. The minimum Gasteiger partial charge on any atom is -0.506 e. The van der Waals surface area contributed by atoms with Gasteiger partial charge in [-0.3, -0.25) is 4.79 Å². The van der Waals surface area contributed by atoms with Crippen molar-refractivity contribution in [3.05, 3.63) is 65.1 Å². The van der Waals surface area contributed by atoms with Crippen LogP contribution in [0.4, 0.5) is 16.0 Å². The van der Waals surface area contributed by atoms with Gasteiger partial charge < -0.3 is 10.0 Å². The van der Waals surface area contributed by atoms with Crippen molar-refractivity contribution in [2.24, 2.45) is 0 Å². The zero-order chi connectivity index (χ0) is 25.3. The van der Waals surface area contributed by atoms with E-state index >= 15 is 0 Å². The summed E-state index contributed by atoms with van der Waals surface area (Å²) in [5.74, 6) is -2.10. The van der Waals surface area contributed by atoms with E-state index in [4.69, 9.17) is 0 Å². The van der Waals surface area contributed by atoms with Crippen LogP contribution in [-0.4, -0.2) is 42.5 Å². The van der Waals surface area contributed by atoms with Crippen LogP contribution in [0.3, 0.4) is 0 Å². The molecule has 0 bridgehead atoms. The van der Waals surface area contributed by atoms with Crippen molar-refractivity contribution in [3.8, 4) is 23.1 Å². The quantitative estimate of drug-likeness (QED) is 0.530. The van der Waals surface area contributed by atoms with Gasteiger partial charge in [-0.1, -0.05) is 18.2 Å². The zero-order valence-corrected chi connectivity index (χ0v) is 19.7. The van der Waals surface area contributed by atoms with Crippen LogP contribution in [0.15, 0.2) is 42.5 Å². The molecule has 0 radical (unpaired) electrons. The lowest BCUT2D eigenvalue weighted by Gasteiger charge is -2.23. The molecule has 1 aliphatic heterocycles. The number of halogens is 1. The highest BCUT2D eigenvalue weighted by molar-refractivity contribution is 7.92. The van der Waals surface area contributed by atoms with Crippen LogP contribution in [0.1, 0.15) is 23.7 Å². The molecule has 1 saturated heterocycles. The molecular formula is C23H21FN6O4S. The van der Waals surface area contributed by atoms with E-state index in [2.05, 4.69) is 16.0 Å². The lowest BCUT2D eigenvalue weighted by molar-refractivity contribution is -0.117. The largest absolute Gasteiger partial charge is 0.506 e. The van der Waals surface area contributed by atoms with Crippen LogP contribution in [0.5, 0.6) is 5.75 Å². The first kappa shape index (κ1) is 23.9. The summed E-state index contributed by atoms with van der Waals surface area (Å²) in [6.07, 6.45) is 0. The Bertz CT molecular complexity index is 1450. The molecule has 2 aromatic carbocycles. The van der Waals surface area contributed by atoms with Gasteiger partial charge in [0.15, 0.2) is 5.82 Å². The number of nitriles is 1. The molecule has 1 aliphatic rings. The second-order valence-electron chi connectivity index (χ2n) is 7.85. The number of benzene rings is 2. The molecule has 0 atom stereocenters. The number of aryl methyl sites for hydroxylation is 1. The highest BCUT2D eigenvalue weighted by Crippen LogP contribution is 2.35. The van der Waals surface area contributed by atoms with Crippen LogP contribution in [0.25, 0.3) is 11.3 Å². The second-order valence-corrected chi connectivity index (χ2v) is 9.44. The third kappa shape index (κ3) is 4.71. The van der Waals surface area contributed by atoms with E-state index in [1.165, 1.54) is 6.07 Å². The Kier molecular flexibility index (Phi) is 6.27. The zero-order valence-electron chi connectivity index (χ0n) is 18.9. The van der Waals surface area contributed by atoms with Crippen LogP contribution < -0.4 is 13.9 Å². The van der Waals surface area contributed by atoms with Gasteiger partial charge in [0.05, 0.1) is 17.3 Å². The molecule has 1 amide bonds. The van der Waals surface area contributed by atoms with Crippen molar-refractivity contribution in [2.75, 3.05) is 22.3 Å². The molecule has 35 heavy (non-hydrogen) atoms. The molecule has 4 rings (SSSR count). The molecule has 180 valence electrons. The third-order valence-corrected chi connectivity index (χ3v) is 6.75. The molecule has 2 N–H and O–H groups in total. The number of nitrogens with one attached hydrogen (secondary N) is 1. The first-order chi connectivity index (χ1) is 16.6. The smallest absolute Gasteiger partial charge is 0.326 e. The number of carbonyl (C=O) groups is 1. The Balaban J connectivity index is 1.67. The summed E-state index contributed by atoms with van der Waals surface area (Å²) in [7, 11) is -4.28. The highest BCUT2D eigenvalue weighted by atomic mass is 32.2. The van der Waals surface area contributed by atoms with E-state index < -0.39 is 39.9 Å². The maximum Gasteiger partial charge on any atom is 0.326 e. The van der Waals surface area contributed by atoms with Gasteiger partial charge in [0.1, 0.15) is 18.0 Å². The highest BCUT2D eigenvalue weighted by Gasteiger charge is 2.37. The van der Waals surface area contributed by atoms with Gasteiger partial charge in [0.2, 0.25) is 5.95 Å². The molecule has 0 unspecified atom stereocenters. The fourth-order valence-corrected chi connectivity index (χ4v) is 4.97. The lowest BCUT2D eigenvalue weighted by Crippen LogP contribution is -2.30. The van der Waals surface area contributed by atoms with E-state index in [0.717, 1.165) is 6.07 Å². The number of anilines is 2. The average Bonchev–Trinajstić information content (AvgIpc) is 3.07. The fraction of sp³-hybridized carbons (Fsp3) is 0.217. The number of nitrogens with zero attached hydrogens (tertiary/aromatic N) is 5. The average molecular weight is 497 g/mol. The predicted molar refractivity (Wildman–Crippen MR) is 126 cm³/mol. The number of aromatic hydroxyl groups is 1. The Labute approximate surface area is 201 Å². The van der Waals surface area contributed by atoms with Crippen molar-refractivity contribution < 1.29 is 22.7 Å². The van der Waals surface area contributed by atoms with Crippen molar-refractivity contribution >= 4 is 27.8 Å². The molecule has 10 nitrogen and oxygen atoms in total. The maximum atomic E-state index is 14.9. The molecule has 0 aliphatic carbocycles. The van der Waals surface area contributed by atoms with Gasteiger partial charge in [-0.05, 0) is 43.7 Å².